The number of aromatic nitrogens is 1. The first-order valence-corrected chi connectivity index (χ1v) is 8.60. The lowest BCUT2D eigenvalue weighted by atomic mass is 10.0. The van der Waals surface area contributed by atoms with Crippen molar-refractivity contribution in [1.82, 2.24) is 4.98 Å². The fourth-order valence-corrected chi connectivity index (χ4v) is 2.89. The molecular weight excluding hydrogens is 373 g/mol. The van der Waals surface area contributed by atoms with Crippen molar-refractivity contribution in [2.75, 3.05) is 7.11 Å². The second kappa shape index (κ2) is 7.80. The molecule has 0 fully saturated rings. The fraction of sp³-hybridized carbons (Fsp3) is 0.200. The molecule has 27 heavy (non-hydrogen) atoms. The van der Waals surface area contributed by atoms with Gasteiger partial charge in [0.2, 0.25) is 0 Å². The quantitative estimate of drug-likeness (QED) is 0.673. The SMILES string of the molecule is COC(=O)C(C)Oc1ccc(F)c2[nH]cc(Cc3ccc(Cl)cc3)c(=O)c12. The Labute approximate surface area is 159 Å². The molecule has 0 bridgehead atoms. The van der Waals surface area contributed by atoms with Crippen LogP contribution in [-0.4, -0.2) is 24.2 Å². The highest BCUT2D eigenvalue weighted by Crippen LogP contribution is 2.26. The zero-order valence-electron chi connectivity index (χ0n) is 14.7. The number of H-pyrrole nitrogens is 1. The molecule has 1 atom stereocenters. The van der Waals surface area contributed by atoms with Gasteiger partial charge in [0.15, 0.2) is 11.5 Å². The smallest absolute Gasteiger partial charge is 0.346 e. The maximum absolute atomic E-state index is 14.2. The largest absolute Gasteiger partial charge is 0.478 e. The highest BCUT2D eigenvalue weighted by atomic mass is 35.5. The van der Waals surface area contributed by atoms with Crippen LogP contribution in [0.3, 0.4) is 0 Å². The molecule has 1 unspecified atom stereocenters. The molecule has 1 N–H and O–H groups in total. The van der Waals surface area contributed by atoms with Crippen LogP contribution in [0.1, 0.15) is 18.1 Å². The second-order valence-electron chi connectivity index (χ2n) is 6.03. The van der Waals surface area contributed by atoms with E-state index in [0.29, 0.717) is 17.0 Å². The Morgan fingerprint density at radius 2 is 1.93 bits per heavy atom. The summed E-state index contributed by atoms with van der Waals surface area (Å²) in [6.45, 7) is 1.49. The van der Waals surface area contributed by atoms with E-state index in [1.807, 2.05) is 12.1 Å². The molecular formula is C20H17ClFNO4. The van der Waals surface area contributed by atoms with Crippen LogP contribution in [0.2, 0.25) is 5.02 Å². The lowest BCUT2D eigenvalue weighted by Gasteiger charge is -2.15. The summed E-state index contributed by atoms with van der Waals surface area (Å²) in [5.74, 6) is -1.07. The molecule has 0 saturated heterocycles. The first-order chi connectivity index (χ1) is 12.9. The predicted octanol–water partition coefficient (Wildman–Crippen LogP) is 3.85. The Balaban J connectivity index is 2.07. The second-order valence-corrected chi connectivity index (χ2v) is 6.46. The van der Waals surface area contributed by atoms with E-state index in [1.54, 1.807) is 12.1 Å². The van der Waals surface area contributed by atoms with Crippen molar-refractivity contribution < 1.29 is 18.7 Å². The predicted molar refractivity (Wildman–Crippen MR) is 101 cm³/mol. The number of benzene rings is 2. The number of carbonyl (C=O) groups excluding carboxylic acids is 1. The maximum atomic E-state index is 14.2. The Morgan fingerprint density at radius 3 is 2.59 bits per heavy atom. The summed E-state index contributed by atoms with van der Waals surface area (Å²) in [4.78, 5) is 27.4. The van der Waals surface area contributed by atoms with Gasteiger partial charge in [-0.05, 0) is 36.8 Å². The Hall–Kier alpha value is -2.86. The minimum absolute atomic E-state index is 0.0226. The van der Waals surface area contributed by atoms with Crippen LogP contribution >= 0.6 is 11.6 Å². The van der Waals surface area contributed by atoms with Gasteiger partial charge in [-0.25, -0.2) is 9.18 Å². The summed E-state index contributed by atoms with van der Waals surface area (Å²) < 4.78 is 24.4. The third-order valence-corrected chi connectivity index (χ3v) is 4.42. The molecule has 1 heterocycles. The number of pyridine rings is 1. The van der Waals surface area contributed by atoms with Crippen LogP contribution in [0, 0.1) is 5.82 Å². The van der Waals surface area contributed by atoms with Crippen molar-refractivity contribution in [2.24, 2.45) is 0 Å². The van der Waals surface area contributed by atoms with Crippen LogP contribution < -0.4 is 10.2 Å². The molecule has 140 valence electrons. The number of esters is 1. The van der Waals surface area contributed by atoms with Gasteiger partial charge in [0.05, 0.1) is 18.0 Å². The number of fused-ring (bicyclic) bond motifs is 1. The normalized spacial score (nSPS) is 12.0. The third kappa shape index (κ3) is 3.95. The number of methoxy groups -OCH3 is 1. The molecule has 0 saturated carbocycles. The first-order valence-electron chi connectivity index (χ1n) is 8.22. The van der Waals surface area contributed by atoms with Crippen LogP contribution in [0.15, 0.2) is 47.4 Å². The minimum atomic E-state index is -0.942. The van der Waals surface area contributed by atoms with E-state index in [-0.39, 0.29) is 22.1 Å². The standard InChI is InChI=1S/C20H17ClFNO4/c1-11(20(25)26-2)27-16-8-7-15(22)18-17(16)19(24)13(10-23-18)9-12-3-5-14(21)6-4-12/h3-8,10-11H,9H2,1-2H3,(H,23,24). The Morgan fingerprint density at radius 1 is 1.22 bits per heavy atom. The van der Waals surface area contributed by atoms with E-state index in [1.165, 1.54) is 32.4 Å². The Bertz CT molecular complexity index is 1050. The Kier molecular flexibility index (Phi) is 5.46. The topological polar surface area (TPSA) is 68.4 Å². The number of aromatic amines is 1. The molecule has 0 aliphatic carbocycles. The van der Waals surface area contributed by atoms with Crippen molar-refractivity contribution in [3.05, 3.63) is 74.8 Å². The molecule has 7 heteroatoms. The van der Waals surface area contributed by atoms with Crippen molar-refractivity contribution >= 4 is 28.5 Å². The number of rotatable bonds is 5. The van der Waals surface area contributed by atoms with Gasteiger partial charge in [-0.1, -0.05) is 23.7 Å². The summed E-state index contributed by atoms with van der Waals surface area (Å²) in [7, 11) is 1.24. The van der Waals surface area contributed by atoms with Crippen LogP contribution in [0.5, 0.6) is 5.75 Å². The average Bonchev–Trinajstić information content (AvgIpc) is 2.66. The van der Waals surface area contributed by atoms with Gasteiger partial charge in [0.25, 0.3) is 0 Å². The average molecular weight is 390 g/mol. The molecule has 5 nitrogen and oxygen atoms in total. The van der Waals surface area contributed by atoms with E-state index in [4.69, 9.17) is 16.3 Å². The highest BCUT2D eigenvalue weighted by molar-refractivity contribution is 6.30. The van der Waals surface area contributed by atoms with Gasteiger partial charge in [-0.2, -0.15) is 0 Å². The lowest BCUT2D eigenvalue weighted by molar-refractivity contribution is -0.147. The van der Waals surface area contributed by atoms with Gasteiger partial charge in [-0.15, -0.1) is 0 Å². The van der Waals surface area contributed by atoms with E-state index >= 15 is 0 Å². The van der Waals surface area contributed by atoms with Crippen molar-refractivity contribution in [1.29, 1.82) is 0 Å². The van der Waals surface area contributed by atoms with Gasteiger partial charge < -0.3 is 14.5 Å². The summed E-state index contributed by atoms with van der Waals surface area (Å²) in [5, 5.41) is 0.651. The van der Waals surface area contributed by atoms with E-state index in [9.17, 15) is 14.0 Å². The van der Waals surface area contributed by atoms with Gasteiger partial charge in [0.1, 0.15) is 11.6 Å². The van der Waals surface area contributed by atoms with Crippen molar-refractivity contribution in [2.45, 2.75) is 19.4 Å². The van der Waals surface area contributed by atoms with E-state index in [2.05, 4.69) is 9.72 Å². The van der Waals surface area contributed by atoms with E-state index in [0.717, 1.165) is 5.56 Å². The molecule has 2 aromatic carbocycles. The zero-order valence-corrected chi connectivity index (χ0v) is 15.5. The number of carbonyl (C=O) groups is 1. The molecule has 0 spiro atoms. The zero-order chi connectivity index (χ0) is 19.6. The van der Waals surface area contributed by atoms with Gasteiger partial charge in [0, 0.05) is 23.2 Å². The van der Waals surface area contributed by atoms with Crippen molar-refractivity contribution in [3.63, 3.8) is 0 Å². The third-order valence-electron chi connectivity index (χ3n) is 4.17. The molecule has 3 rings (SSSR count). The molecule has 0 aliphatic rings. The molecule has 1 aromatic heterocycles. The monoisotopic (exact) mass is 389 g/mol. The summed E-state index contributed by atoms with van der Waals surface area (Å²) in [5.41, 5.74) is 0.969. The van der Waals surface area contributed by atoms with Crippen molar-refractivity contribution in [3.8, 4) is 5.75 Å². The number of nitrogens with one attached hydrogen (secondary N) is 1. The van der Waals surface area contributed by atoms with Crippen LogP contribution in [0.25, 0.3) is 10.9 Å². The lowest BCUT2D eigenvalue weighted by Crippen LogP contribution is -2.25. The van der Waals surface area contributed by atoms with Gasteiger partial charge in [-0.3, -0.25) is 4.79 Å². The summed E-state index contributed by atoms with van der Waals surface area (Å²) in [6, 6.07) is 9.61. The van der Waals surface area contributed by atoms with Crippen LogP contribution in [-0.2, 0) is 16.0 Å². The summed E-state index contributed by atoms with van der Waals surface area (Å²) in [6.07, 6.45) is 0.879. The number of hydrogen-bond acceptors (Lipinski definition) is 4. The number of hydrogen-bond donors (Lipinski definition) is 1. The highest BCUT2D eigenvalue weighted by Gasteiger charge is 2.20. The maximum Gasteiger partial charge on any atom is 0.346 e. The molecule has 0 amide bonds. The first kappa shape index (κ1) is 18.9. The molecule has 0 radical (unpaired) electrons. The minimum Gasteiger partial charge on any atom is -0.478 e. The van der Waals surface area contributed by atoms with E-state index < -0.39 is 17.9 Å². The summed E-state index contributed by atoms with van der Waals surface area (Å²) >= 11 is 5.88. The van der Waals surface area contributed by atoms with Gasteiger partial charge >= 0.3 is 5.97 Å². The number of ether oxygens (including phenoxy) is 2. The molecule has 0 aliphatic heterocycles. The fourth-order valence-electron chi connectivity index (χ4n) is 2.77. The van der Waals surface area contributed by atoms with Crippen LogP contribution in [0.4, 0.5) is 4.39 Å². The number of halogens is 2. The molecule has 3 aromatic rings.